The van der Waals surface area contributed by atoms with Gasteiger partial charge in [-0.05, 0) is 73.8 Å². The maximum absolute atomic E-state index is 13.9. The number of benzene rings is 1. The van der Waals surface area contributed by atoms with Crippen LogP contribution in [0.4, 0.5) is 0 Å². The Bertz CT molecular complexity index is 1390. The van der Waals surface area contributed by atoms with E-state index in [-0.39, 0.29) is 11.4 Å². The van der Waals surface area contributed by atoms with Crippen LogP contribution in [0, 0.1) is 10.8 Å². The molecule has 3 aliphatic rings. The van der Waals surface area contributed by atoms with Gasteiger partial charge < -0.3 is 25.4 Å². The summed E-state index contributed by atoms with van der Waals surface area (Å²) in [6.07, 6.45) is 3.43. The molecule has 190 valence electrons. The van der Waals surface area contributed by atoms with Crippen molar-refractivity contribution in [3.63, 3.8) is 0 Å². The first-order chi connectivity index (χ1) is 16.9. The van der Waals surface area contributed by atoms with Crippen molar-refractivity contribution < 1.29 is 29.6 Å². The van der Waals surface area contributed by atoms with Crippen LogP contribution in [-0.2, 0) is 20.7 Å². The number of nitrogens with one attached hydrogen (secondary N) is 1. The first-order valence-electron chi connectivity index (χ1n) is 11.9. The van der Waals surface area contributed by atoms with Gasteiger partial charge in [0.1, 0.15) is 0 Å². The monoisotopic (exact) mass is 511 g/mol. The van der Waals surface area contributed by atoms with E-state index in [0.29, 0.717) is 52.8 Å². The summed E-state index contributed by atoms with van der Waals surface area (Å²) in [6, 6.07) is 5.53. The van der Waals surface area contributed by atoms with E-state index in [1.807, 2.05) is 20.8 Å². The first kappa shape index (κ1) is 24.5. The quantitative estimate of drug-likeness (QED) is 0.278. The smallest absolute Gasteiger partial charge is 0.313 e. The van der Waals surface area contributed by atoms with Crippen LogP contribution in [0.1, 0.15) is 57.2 Å². The van der Waals surface area contributed by atoms with Crippen LogP contribution >= 0.6 is 11.8 Å². The van der Waals surface area contributed by atoms with Crippen molar-refractivity contribution in [3.05, 3.63) is 45.6 Å². The zero-order chi connectivity index (χ0) is 26.2. The minimum Gasteiger partial charge on any atom is -0.504 e. The van der Waals surface area contributed by atoms with Gasteiger partial charge in [0.15, 0.2) is 22.5 Å². The summed E-state index contributed by atoms with van der Waals surface area (Å²) in [5.41, 5.74) is -1.23. The third kappa shape index (κ3) is 3.04. The fourth-order valence-corrected chi connectivity index (χ4v) is 6.60. The molecule has 2 unspecified atom stereocenters. The molecule has 1 aliphatic heterocycles. The Labute approximate surface area is 212 Å². The average Bonchev–Trinajstić information content (AvgIpc) is 2.98. The summed E-state index contributed by atoms with van der Waals surface area (Å²) >= 11 is 1.28. The van der Waals surface area contributed by atoms with Gasteiger partial charge in [0.05, 0.1) is 16.4 Å². The Balaban J connectivity index is 1.65. The minimum atomic E-state index is -1.32. The lowest BCUT2D eigenvalue weighted by Gasteiger charge is -2.36. The van der Waals surface area contributed by atoms with Crippen LogP contribution in [0.5, 0.6) is 17.2 Å². The Morgan fingerprint density at radius 3 is 2.42 bits per heavy atom. The number of phenols is 3. The molecule has 2 fully saturated rings. The van der Waals surface area contributed by atoms with Crippen LogP contribution in [0.25, 0.3) is 11.1 Å². The topological polar surface area (TPSA) is 133 Å². The molecule has 0 radical (unpaired) electrons. The van der Waals surface area contributed by atoms with Crippen LogP contribution < -0.4 is 10.7 Å². The van der Waals surface area contributed by atoms with Gasteiger partial charge in [-0.25, -0.2) is 0 Å². The molecule has 2 aliphatic carbocycles. The zero-order valence-corrected chi connectivity index (χ0v) is 21.4. The highest BCUT2D eigenvalue weighted by Gasteiger charge is 2.75. The van der Waals surface area contributed by atoms with E-state index >= 15 is 0 Å². The van der Waals surface area contributed by atoms with Crippen molar-refractivity contribution >= 4 is 23.6 Å². The normalized spacial score (nSPS) is 27.6. The van der Waals surface area contributed by atoms with Crippen molar-refractivity contribution in [2.45, 2.75) is 63.0 Å². The summed E-state index contributed by atoms with van der Waals surface area (Å²) in [6.45, 7) is 5.60. The summed E-state index contributed by atoms with van der Waals surface area (Å²) in [4.78, 5) is 40.0. The molecule has 0 spiro atoms. The van der Waals surface area contributed by atoms with Gasteiger partial charge in [-0.2, -0.15) is 0 Å². The molecule has 4 N–H and O–H groups in total. The number of fused-ring (bicyclic) bond motifs is 5. The van der Waals surface area contributed by atoms with Crippen molar-refractivity contribution in [3.8, 4) is 28.4 Å². The fraction of sp³-hybridized carbons (Fsp3) is 0.444. The summed E-state index contributed by atoms with van der Waals surface area (Å²) in [7, 11) is 0. The SMILES string of the molecule is CSc1ccc2c(cc1=O)[C@@H](NC(=O)C13CCC(C)(C(=O)O1)C3(C)C)CCc1cc(O)c(O)c(O)c1-2. The van der Waals surface area contributed by atoms with Crippen molar-refractivity contribution in [2.75, 3.05) is 6.26 Å². The number of rotatable bonds is 3. The molecule has 2 aromatic carbocycles. The van der Waals surface area contributed by atoms with Gasteiger partial charge in [-0.3, -0.25) is 14.4 Å². The third-order valence-electron chi connectivity index (χ3n) is 8.90. The molecule has 8 nitrogen and oxygen atoms in total. The van der Waals surface area contributed by atoms with Gasteiger partial charge in [0, 0.05) is 11.0 Å². The molecule has 1 amide bonds. The second-order valence-electron chi connectivity index (χ2n) is 10.6. The molecule has 9 heteroatoms. The maximum atomic E-state index is 13.9. The zero-order valence-electron chi connectivity index (χ0n) is 20.6. The van der Waals surface area contributed by atoms with E-state index in [1.165, 1.54) is 23.9 Å². The number of esters is 1. The van der Waals surface area contributed by atoms with Gasteiger partial charge in [0.25, 0.3) is 5.91 Å². The molecule has 3 atom stereocenters. The van der Waals surface area contributed by atoms with E-state index in [9.17, 15) is 29.7 Å². The third-order valence-corrected chi connectivity index (χ3v) is 9.68. The summed E-state index contributed by atoms with van der Waals surface area (Å²) < 4.78 is 5.76. The number of amides is 1. The van der Waals surface area contributed by atoms with Crippen LogP contribution in [0.3, 0.4) is 0 Å². The standard InChI is InChI=1S/C27H29NO7S/c1-25(2)26(3)9-10-27(25,35-24(26)34)23(33)28-16-7-5-13-11-18(30)21(31)22(32)20(13)14-6-8-19(36-4)17(29)12-15(14)16/h6,8,11-12,16,30-32H,5,7,9-10H2,1-4H3,(H,28,33)/t16-,26?,27?/m0/s1. The van der Waals surface area contributed by atoms with Crippen molar-refractivity contribution in [1.29, 1.82) is 0 Å². The molecule has 5 rings (SSSR count). The van der Waals surface area contributed by atoms with Gasteiger partial charge in [0.2, 0.25) is 5.75 Å². The number of ether oxygens (including phenoxy) is 1. The Hall–Kier alpha value is -3.20. The maximum Gasteiger partial charge on any atom is 0.313 e. The van der Waals surface area contributed by atoms with Crippen LogP contribution in [0.15, 0.2) is 34.0 Å². The number of carbonyl (C=O) groups excluding carboxylic acids is 2. The largest absolute Gasteiger partial charge is 0.504 e. The second-order valence-corrected chi connectivity index (χ2v) is 11.5. The highest BCUT2D eigenvalue weighted by Crippen LogP contribution is 2.65. The van der Waals surface area contributed by atoms with E-state index in [0.717, 1.165) is 0 Å². The average molecular weight is 512 g/mol. The van der Waals surface area contributed by atoms with E-state index in [4.69, 9.17) is 4.74 Å². The fourth-order valence-electron chi connectivity index (χ4n) is 6.13. The number of hydrogen-bond donors (Lipinski definition) is 4. The minimum absolute atomic E-state index is 0.242. The molecule has 0 aromatic heterocycles. The molecule has 2 aromatic rings. The van der Waals surface area contributed by atoms with E-state index in [2.05, 4.69) is 5.32 Å². The lowest BCUT2D eigenvalue weighted by atomic mass is 9.66. The van der Waals surface area contributed by atoms with Crippen LogP contribution in [-0.4, -0.2) is 39.1 Å². The van der Waals surface area contributed by atoms with Gasteiger partial charge in [-0.1, -0.05) is 19.9 Å². The van der Waals surface area contributed by atoms with Crippen molar-refractivity contribution in [2.24, 2.45) is 10.8 Å². The van der Waals surface area contributed by atoms with Gasteiger partial charge >= 0.3 is 5.97 Å². The molecule has 1 saturated carbocycles. The Morgan fingerprint density at radius 1 is 1.08 bits per heavy atom. The highest BCUT2D eigenvalue weighted by molar-refractivity contribution is 7.98. The Kier molecular flexibility index (Phi) is 5.37. The summed E-state index contributed by atoms with van der Waals surface area (Å²) in [5, 5.41) is 34.2. The molecular weight excluding hydrogens is 482 g/mol. The van der Waals surface area contributed by atoms with Gasteiger partial charge in [-0.15, -0.1) is 11.8 Å². The summed E-state index contributed by atoms with van der Waals surface area (Å²) in [5.74, 6) is -2.38. The predicted octanol–water partition coefficient (Wildman–Crippen LogP) is 3.78. The molecule has 1 saturated heterocycles. The number of aromatic hydroxyl groups is 3. The lowest BCUT2D eigenvalue weighted by Crippen LogP contribution is -2.54. The molecule has 1 heterocycles. The van der Waals surface area contributed by atoms with E-state index in [1.54, 1.807) is 18.4 Å². The highest BCUT2D eigenvalue weighted by atomic mass is 32.2. The second kappa shape index (κ2) is 7.90. The predicted molar refractivity (Wildman–Crippen MR) is 134 cm³/mol. The lowest BCUT2D eigenvalue weighted by molar-refractivity contribution is -0.168. The first-order valence-corrected chi connectivity index (χ1v) is 13.1. The number of phenolic OH excluding ortho intramolecular Hbond substituents is 3. The number of aryl methyl sites for hydroxylation is 1. The van der Waals surface area contributed by atoms with E-state index < -0.39 is 45.6 Å². The number of carbonyl (C=O) groups is 2. The molecular formula is C27H29NO7S. The van der Waals surface area contributed by atoms with Crippen LogP contribution in [0.2, 0.25) is 0 Å². The van der Waals surface area contributed by atoms with Crippen molar-refractivity contribution in [1.82, 2.24) is 5.32 Å². The number of hydrogen-bond acceptors (Lipinski definition) is 8. The molecule has 36 heavy (non-hydrogen) atoms. The molecule has 2 bridgehead atoms. The Morgan fingerprint density at radius 2 is 1.81 bits per heavy atom. The number of thioether (sulfide) groups is 1.